The van der Waals surface area contributed by atoms with Crippen LogP contribution in [0.2, 0.25) is 0 Å². The maximum atomic E-state index is 5.70. The zero-order chi connectivity index (χ0) is 9.14. The summed E-state index contributed by atoms with van der Waals surface area (Å²) >= 11 is 1.61. The summed E-state index contributed by atoms with van der Waals surface area (Å²) in [5, 5.41) is 0.991. The molecule has 1 heterocycles. The molecule has 12 heavy (non-hydrogen) atoms. The van der Waals surface area contributed by atoms with Crippen molar-refractivity contribution in [2.75, 3.05) is 7.11 Å². The maximum Gasteiger partial charge on any atom is 0.121 e. The van der Waals surface area contributed by atoms with Crippen molar-refractivity contribution in [2.45, 2.75) is 26.0 Å². The van der Waals surface area contributed by atoms with E-state index in [9.17, 15) is 0 Å². The van der Waals surface area contributed by atoms with Crippen molar-refractivity contribution in [3.63, 3.8) is 0 Å². The topological polar surface area (TPSA) is 48.1 Å². The number of methoxy groups -OCH3 is 1. The number of ether oxygens (including phenoxy) is 1. The Morgan fingerprint density at radius 1 is 1.58 bits per heavy atom. The van der Waals surface area contributed by atoms with Gasteiger partial charge in [-0.1, -0.05) is 0 Å². The normalized spacial score (nSPS) is 16.0. The van der Waals surface area contributed by atoms with Gasteiger partial charge < -0.3 is 10.5 Å². The van der Waals surface area contributed by atoms with Crippen LogP contribution >= 0.6 is 11.3 Å². The van der Waals surface area contributed by atoms with E-state index in [4.69, 9.17) is 10.5 Å². The quantitative estimate of drug-likeness (QED) is 0.784. The largest absolute Gasteiger partial charge is 0.375 e. The Labute approximate surface area is 76.6 Å². The monoisotopic (exact) mass is 186 g/mol. The van der Waals surface area contributed by atoms with E-state index in [1.165, 1.54) is 0 Å². The number of aromatic nitrogens is 1. The summed E-state index contributed by atoms with van der Waals surface area (Å²) in [4.78, 5) is 5.33. The second-order valence-corrected chi connectivity index (χ2v) is 3.86. The van der Waals surface area contributed by atoms with Gasteiger partial charge in [0.1, 0.15) is 11.1 Å². The lowest BCUT2D eigenvalue weighted by atomic mass is 10.3. The first kappa shape index (κ1) is 9.64. The van der Waals surface area contributed by atoms with Gasteiger partial charge in [0.25, 0.3) is 0 Å². The van der Waals surface area contributed by atoms with Crippen LogP contribution in [0, 0.1) is 0 Å². The molecule has 0 aliphatic rings. The summed E-state index contributed by atoms with van der Waals surface area (Å²) in [6.07, 6.45) is 1.89. The van der Waals surface area contributed by atoms with Gasteiger partial charge in [0.05, 0.1) is 0 Å². The van der Waals surface area contributed by atoms with Crippen LogP contribution in [0.3, 0.4) is 0 Å². The Bertz CT molecular complexity index is 247. The van der Waals surface area contributed by atoms with E-state index in [1.54, 1.807) is 18.4 Å². The third-order valence-electron chi connectivity index (χ3n) is 1.69. The van der Waals surface area contributed by atoms with Crippen molar-refractivity contribution in [2.24, 2.45) is 5.73 Å². The summed E-state index contributed by atoms with van der Waals surface area (Å²) in [5.74, 6) is 0. The van der Waals surface area contributed by atoms with Crippen molar-refractivity contribution in [3.05, 3.63) is 16.1 Å². The minimum atomic E-state index is 0.0697. The number of nitrogens with zero attached hydrogens (tertiary/aromatic N) is 1. The van der Waals surface area contributed by atoms with E-state index < -0.39 is 0 Å². The maximum absolute atomic E-state index is 5.70. The molecule has 3 nitrogen and oxygen atoms in total. The highest BCUT2D eigenvalue weighted by Gasteiger charge is 2.10. The average molecular weight is 186 g/mol. The molecule has 0 spiro atoms. The van der Waals surface area contributed by atoms with Crippen LogP contribution in [0.4, 0.5) is 0 Å². The Kier molecular flexibility index (Phi) is 3.20. The number of rotatable bonds is 3. The van der Waals surface area contributed by atoms with Gasteiger partial charge in [-0.25, -0.2) is 4.98 Å². The molecule has 0 fully saturated rings. The SMILES string of the molecule is COC(C)c1ncc(C(C)N)s1. The molecule has 0 aliphatic heterocycles. The van der Waals surface area contributed by atoms with E-state index in [-0.39, 0.29) is 12.1 Å². The predicted octanol–water partition coefficient (Wildman–Crippen LogP) is 1.87. The number of nitrogens with two attached hydrogens (primary N) is 1. The van der Waals surface area contributed by atoms with Crippen molar-refractivity contribution in [3.8, 4) is 0 Å². The second-order valence-electron chi connectivity index (χ2n) is 2.77. The molecule has 0 amide bonds. The van der Waals surface area contributed by atoms with Crippen molar-refractivity contribution in [1.82, 2.24) is 4.98 Å². The molecule has 68 valence electrons. The van der Waals surface area contributed by atoms with Gasteiger partial charge in [-0.2, -0.15) is 0 Å². The minimum Gasteiger partial charge on any atom is -0.375 e. The smallest absolute Gasteiger partial charge is 0.121 e. The third kappa shape index (κ3) is 2.03. The van der Waals surface area contributed by atoms with Gasteiger partial charge in [0.2, 0.25) is 0 Å². The predicted molar refractivity (Wildman–Crippen MR) is 50.1 cm³/mol. The Hall–Kier alpha value is -0.450. The molecule has 4 heteroatoms. The lowest BCUT2D eigenvalue weighted by molar-refractivity contribution is 0.119. The van der Waals surface area contributed by atoms with Gasteiger partial charge >= 0.3 is 0 Å². The molecule has 2 atom stereocenters. The van der Waals surface area contributed by atoms with Crippen LogP contribution in [0.25, 0.3) is 0 Å². The van der Waals surface area contributed by atoms with Gasteiger partial charge in [-0.05, 0) is 13.8 Å². The number of thiazole rings is 1. The Morgan fingerprint density at radius 3 is 2.67 bits per heavy atom. The van der Waals surface area contributed by atoms with E-state index in [1.807, 2.05) is 20.0 Å². The van der Waals surface area contributed by atoms with Crippen LogP contribution in [0.1, 0.15) is 35.9 Å². The van der Waals surface area contributed by atoms with Crippen LogP contribution in [0.5, 0.6) is 0 Å². The van der Waals surface area contributed by atoms with E-state index in [0.717, 1.165) is 9.88 Å². The van der Waals surface area contributed by atoms with Crippen LogP contribution in [-0.2, 0) is 4.74 Å². The minimum absolute atomic E-state index is 0.0697. The Balaban J connectivity index is 2.77. The van der Waals surface area contributed by atoms with Crippen molar-refractivity contribution < 1.29 is 4.74 Å². The lowest BCUT2D eigenvalue weighted by Gasteiger charge is -2.03. The summed E-state index contributed by atoms with van der Waals surface area (Å²) in [7, 11) is 1.68. The summed E-state index contributed by atoms with van der Waals surface area (Å²) < 4.78 is 5.14. The lowest BCUT2D eigenvalue weighted by Crippen LogP contribution is -2.01. The zero-order valence-corrected chi connectivity index (χ0v) is 8.39. The molecule has 1 aromatic heterocycles. The van der Waals surface area contributed by atoms with Crippen LogP contribution in [0.15, 0.2) is 6.20 Å². The molecule has 1 aromatic rings. The highest BCUT2D eigenvalue weighted by atomic mass is 32.1. The number of hydrogen-bond donors (Lipinski definition) is 1. The molecule has 0 radical (unpaired) electrons. The summed E-state index contributed by atoms with van der Waals surface area (Å²) in [6, 6.07) is 0.0697. The van der Waals surface area contributed by atoms with Gasteiger partial charge in [-0.15, -0.1) is 11.3 Å². The van der Waals surface area contributed by atoms with Gasteiger partial charge in [0.15, 0.2) is 0 Å². The van der Waals surface area contributed by atoms with E-state index >= 15 is 0 Å². The highest BCUT2D eigenvalue weighted by Crippen LogP contribution is 2.24. The van der Waals surface area contributed by atoms with E-state index in [2.05, 4.69) is 4.98 Å². The Morgan fingerprint density at radius 2 is 2.25 bits per heavy atom. The fraction of sp³-hybridized carbons (Fsp3) is 0.625. The average Bonchev–Trinajstić information content (AvgIpc) is 2.51. The molecule has 0 aromatic carbocycles. The first-order valence-corrected chi connectivity index (χ1v) is 4.70. The van der Waals surface area contributed by atoms with Crippen LogP contribution in [-0.4, -0.2) is 12.1 Å². The first-order valence-electron chi connectivity index (χ1n) is 3.89. The molecular formula is C8H14N2OS. The van der Waals surface area contributed by atoms with E-state index in [0.29, 0.717) is 0 Å². The fourth-order valence-corrected chi connectivity index (χ4v) is 1.70. The molecule has 2 unspecified atom stereocenters. The van der Waals surface area contributed by atoms with Gasteiger partial charge in [0, 0.05) is 24.2 Å². The van der Waals surface area contributed by atoms with Crippen molar-refractivity contribution in [1.29, 1.82) is 0 Å². The molecule has 0 saturated carbocycles. The molecular weight excluding hydrogens is 172 g/mol. The molecule has 0 aliphatic carbocycles. The molecule has 0 bridgehead atoms. The molecule has 1 rings (SSSR count). The standard InChI is InChI=1S/C8H14N2OS/c1-5(9)7-4-10-8(12-7)6(2)11-3/h4-6H,9H2,1-3H3. The summed E-state index contributed by atoms with van der Waals surface area (Å²) in [6.45, 7) is 3.93. The van der Waals surface area contributed by atoms with Crippen molar-refractivity contribution >= 4 is 11.3 Å². The molecule has 2 N–H and O–H groups in total. The number of hydrogen-bond acceptors (Lipinski definition) is 4. The highest BCUT2D eigenvalue weighted by molar-refractivity contribution is 7.11. The summed E-state index contributed by atoms with van der Waals surface area (Å²) in [5.41, 5.74) is 5.70. The van der Waals surface area contributed by atoms with Crippen LogP contribution < -0.4 is 5.73 Å². The first-order chi connectivity index (χ1) is 5.65. The second kappa shape index (κ2) is 3.98. The fourth-order valence-electron chi connectivity index (χ4n) is 0.800. The van der Waals surface area contributed by atoms with Gasteiger partial charge in [-0.3, -0.25) is 0 Å². The molecule has 0 saturated heterocycles. The third-order valence-corrected chi connectivity index (χ3v) is 3.05. The zero-order valence-electron chi connectivity index (χ0n) is 7.57.